The van der Waals surface area contributed by atoms with E-state index in [9.17, 15) is 14.4 Å². The maximum Gasteiger partial charge on any atom is 0.245 e. The van der Waals surface area contributed by atoms with E-state index in [0.29, 0.717) is 13.0 Å². The molecule has 322 valence electrons. The molecule has 9 nitrogen and oxygen atoms in total. The van der Waals surface area contributed by atoms with E-state index in [1.165, 1.54) is 22.3 Å². The molecule has 2 saturated heterocycles. The maximum absolute atomic E-state index is 14.3. The third-order valence-electron chi connectivity index (χ3n) is 12.2. The van der Waals surface area contributed by atoms with Crippen LogP contribution in [0.1, 0.15) is 103 Å². The van der Waals surface area contributed by atoms with Crippen molar-refractivity contribution in [3.05, 3.63) is 107 Å². The van der Waals surface area contributed by atoms with Gasteiger partial charge >= 0.3 is 0 Å². The Morgan fingerprint density at radius 1 is 0.678 bits per heavy atom. The highest BCUT2D eigenvalue weighted by molar-refractivity contribution is 5.90. The number of hydrogen-bond donors (Lipinski definition) is 2. The number of carbonyl (C=O) groups excluding carboxylic acids is 3. The quantitative estimate of drug-likeness (QED) is 0.132. The number of likely N-dealkylation sites (tertiary alicyclic amines) is 2. The molecule has 5 rings (SSSR count). The van der Waals surface area contributed by atoms with E-state index in [4.69, 9.17) is 0 Å². The van der Waals surface area contributed by atoms with Crippen LogP contribution in [0.2, 0.25) is 0 Å². The van der Waals surface area contributed by atoms with Crippen LogP contribution in [0.15, 0.2) is 84.9 Å². The number of likely N-dealkylation sites (N-methyl/N-ethyl adjacent to an activating group) is 1. The van der Waals surface area contributed by atoms with Crippen molar-refractivity contribution in [1.82, 2.24) is 30.2 Å². The first-order valence-electron chi connectivity index (χ1n) is 22.3. The molecule has 0 radical (unpaired) electrons. The Kier molecular flexibility index (Phi) is 16.7. The molecular formula is C50H74N6O3. The Bertz CT molecular complexity index is 1750. The van der Waals surface area contributed by atoms with Crippen LogP contribution in [-0.2, 0) is 40.3 Å². The summed E-state index contributed by atoms with van der Waals surface area (Å²) in [5, 5.41) is 6.09. The zero-order valence-electron chi connectivity index (χ0n) is 37.5. The van der Waals surface area contributed by atoms with Gasteiger partial charge in [-0.25, -0.2) is 0 Å². The van der Waals surface area contributed by atoms with Gasteiger partial charge in [-0.3, -0.25) is 24.2 Å². The molecule has 2 aliphatic rings. The second-order valence-electron chi connectivity index (χ2n) is 19.5. The Morgan fingerprint density at radius 2 is 1.14 bits per heavy atom. The Balaban J connectivity index is 1.29. The predicted octanol–water partition coefficient (Wildman–Crippen LogP) is 7.33. The molecule has 3 aromatic rings. The average Bonchev–Trinajstić information content (AvgIpc) is 3.87. The Hall–Kier alpha value is -4.05. The number of rotatable bonds is 19. The smallest absolute Gasteiger partial charge is 0.245 e. The largest absolute Gasteiger partial charge is 0.342 e. The van der Waals surface area contributed by atoms with Crippen LogP contribution in [-0.4, -0.2) is 108 Å². The van der Waals surface area contributed by atoms with Gasteiger partial charge in [-0.1, -0.05) is 126 Å². The summed E-state index contributed by atoms with van der Waals surface area (Å²) < 4.78 is 0. The minimum atomic E-state index is -0.607. The molecule has 0 bridgehead atoms. The highest BCUT2D eigenvalue weighted by atomic mass is 16.2. The molecule has 9 heteroatoms. The summed E-state index contributed by atoms with van der Waals surface area (Å²) >= 11 is 0. The van der Waals surface area contributed by atoms with Gasteiger partial charge in [0.15, 0.2) is 0 Å². The zero-order valence-corrected chi connectivity index (χ0v) is 37.5. The first-order chi connectivity index (χ1) is 28.1. The van der Waals surface area contributed by atoms with Crippen molar-refractivity contribution in [2.24, 2.45) is 10.8 Å². The van der Waals surface area contributed by atoms with Gasteiger partial charge in [-0.15, -0.1) is 0 Å². The number of hydrogen-bond acceptors (Lipinski definition) is 6. The lowest BCUT2D eigenvalue weighted by atomic mass is 9.85. The maximum atomic E-state index is 14.3. The van der Waals surface area contributed by atoms with Gasteiger partial charge in [0, 0.05) is 70.9 Å². The summed E-state index contributed by atoms with van der Waals surface area (Å²) in [5.74, 6) is 0.143. The summed E-state index contributed by atoms with van der Waals surface area (Å²) in [6.07, 6.45) is 6.51. The van der Waals surface area contributed by atoms with Crippen molar-refractivity contribution in [3.8, 4) is 0 Å². The summed E-state index contributed by atoms with van der Waals surface area (Å²) in [5.41, 5.74) is 4.71. The van der Waals surface area contributed by atoms with Gasteiger partial charge in [-0.2, -0.15) is 0 Å². The van der Waals surface area contributed by atoms with Crippen LogP contribution >= 0.6 is 0 Å². The van der Waals surface area contributed by atoms with Crippen LogP contribution in [0, 0.1) is 10.8 Å². The number of benzene rings is 3. The third kappa shape index (κ3) is 14.3. The SMILES string of the molecule is CN[C@@H](C)C(=O)N[C@H](C(=O)N1CCC[C@H]1CN(CCc1ccccc1)Cc1ccc(CN(CCc2ccccc2)C[C@@H]2CCCN2C(=O)CC(C)(C)C)cc1)C(C)(C)C. The topological polar surface area (TPSA) is 88.2 Å². The highest BCUT2D eigenvalue weighted by Gasteiger charge is 2.40. The normalized spacial score (nSPS) is 18.4. The lowest BCUT2D eigenvalue weighted by molar-refractivity contribution is -0.140. The van der Waals surface area contributed by atoms with Gasteiger partial charge in [0.25, 0.3) is 0 Å². The molecule has 0 aliphatic carbocycles. The molecule has 3 amide bonds. The van der Waals surface area contributed by atoms with Gasteiger partial charge in [0.1, 0.15) is 6.04 Å². The summed E-state index contributed by atoms with van der Waals surface area (Å²) in [4.78, 5) is 50.0. The molecule has 59 heavy (non-hydrogen) atoms. The third-order valence-corrected chi connectivity index (χ3v) is 12.2. The lowest BCUT2D eigenvalue weighted by Crippen LogP contribution is -2.59. The zero-order chi connectivity index (χ0) is 42.6. The lowest BCUT2D eigenvalue weighted by Gasteiger charge is -2.37. The van der Waals surface area contributed by atoms with E-state index >= 15 is 0 Å². The van der Waals surface area contributed by atoms with Crippen molar-refractivity contribution in [1.29, 1.82) is 0 Å². The van der Waals surface area contributed by atoms with Crippen molar-refractivity contribution in [2.75, 3.05) is 46.3 Å². The second kappa shape index (κ2) is 21.5. The van der Waals surface area contributed by atoms with Crippen molar-refractivity contribution < 1.29 is 14.4 Å². The van der Waals surface area contributed by atoms with Crippen molar-refractivity contribution in [2.45, 2.75) is 131 Å². The van der Waals surface area contributed by atoms with Gasteiger partial charge < -0.3 is 20.4 Å². The van der Waals surface area contributed by atoms with Crippen LogP contribution in [0.3, 0.4) is 0 Å². The predicted molar refractivity (Wildman–Crippen MR) is 241 cm³/mol. The van der Waals surface area contributed by atoms with E-state index in [-0.39, 0.29) is 41.3 Å². The molecule has 2 N–H and O–H groups in total. The molecule has 4 atom stereocenters. The standard InChI is InChI=1S/C50H74N6O3/c1-38(51-8)47(58)52-46(50(5,6)7)48(59)56-30-16-22-44(56)37-54(32-28-40-19-13-10-14-20-40)35-42-25-23-41(24-26-42)34-53(31-27-39-17-11-9-12-18-39)36-43-21-15-29-55(43)45(57)33-49(2,3)4/h9-14,17-20,23-26,38,43-44,46,51H,15-16,21-22,27-37H2,1-8H3,(H,52,58)/t38-,43-,44-,46+/m0/s1. The van der Waals surface area contributed by atoms with Crippen LogP contribution < -0.4 is 10.6 Å². The van der Waals surface area contributed by atoms with E-state index < -0.39 is 11.5 Å². The minimum absolute atomic E-state index is 0.0140. The fourth-order valence-corrected chi connectivity index (χ4v) is 8.63. The van der Waals surface area contributed by atoms with Gasteiger partial charge in [-0.05, 0) is 85.6 Å². The van der Waals surface area contributed by atoms with E-state index in [2.05, 4.69) is 131 Å². The fraction of sp³-hybridized carbons (Fsp3) is 0.580. The fourth-order valence-electron chi connectivity index (χ4n) is 8.63. The highest BCUT2D eigenvalue weighted by Crippen LogP contribution is 2.28. The molecule has 2 aliphatic heterocycles. The van der Waals surface area contributed by atoms with Crippen molar-refractivity contribution in [3.63, 3.8) is 0 Å². The second-order valence-corrected chi connectivity index (χ2v) is 19.5. The summed E-state index contributed by atoms with van der Waals surface area (Å²) in [6, 6.07) is 29.8. The Morgan fingerprint density at radius 3 is 1.58 bits per heavy atom. The van der Waals surface area contributed by atoms with E-state index in [1.54, 1.807) is 7.05 Å². The summed E-state index contributed by atoms with van der Waals surface area (Å²) in [6.45, 7) is 21.0. The summed E-state index contributed by atoms with van der Waals surface area (Å²) in [7, 11) is 1.76. The number of carbonyl (C=O) groups is 3. The van der Waals surface area contributed by atoms with Gasteiger partial charge in [0.2, 0.25) is 17.7 Å². The first kappa shape index (κ1) is 46.0. The van der Waals surface area contributed by atoms with Crippen LogP contribution in [0.5, 0.6) is 0 Å². The van der Waals surface area contributed by atoms with Gasteiger partial charge in [0.05, 0.1) is 6.04 Å². The molecule has 2 heterocycles. The first-order valence-corrected chi connectivity index (χ1v) is 22.3. The minimum Gasteiger partial charge on any atom is -0.342 e. The number of amides is 3. The average molecular weight is 807 g/mol. The molecule has 0 saturated carbocycles. The number of nitrogens with one attached hydrogen (secondary N) is 2. The van der Waals surface area contributed by atoms with E-state index in [1.807, 2.05) is 32.6 Å². The molecule has 2 fully saturated rings. The number of nitrogens with zero attached hydrogens (tertiary/aromatic N) is 4. The monoisotopic (exact) mass is 807 g/mol. The molecule has 0 aromatic heterocycles. The van der Waals surface area contributed by atoms with Crippen LogP contribution in [0.4, 0.5) is 0 Å². The van der Waals surface area contributed by atoms with Crippen molar-refractivity contribution >= 4 is 17.7 Å². The molecule has 0 unspecified atom stereocenters. The van der Waals surface area contributed by atoms with Crippen LogP contribution in [0.25, 0.3) is 0 Å². The Labute approximate surface area is 356 Å². The molecular weight excluding hydrogens is 733 g/mol. The molecule has 0 spiro atoms. The molecule has 3 aromatic carbocycles. The van der Waals surface area contributed by atoms with E-state index in [0.717, 1.165) is 84.3 Å².